The van der Waals surface area contributed by atoms with Crippen LogP contribution in [0.2, 0.25) is 0 Å². The third-order valence-electron chi connectivity index (χ3n) is 5.38. The molecule has 0 spiro atoms. The summed E-state index contributed by atoms with van der Waals surface area (Å²) in [6.07, 6.45) is 1.83. The molecule has 1 aliphatic heterocycles. The van der Waals surface area contributed by atoms with Crippen molar-refractivity contribution < 1.29 is 9.31 Å². The molecule has 0 radical (unpaired) electrons. The van der Waals surface area contributed by atoms with Gasteiger partial charge in [-0.15, -0.1) is 0 Å². The second-order valence-corrected chi connectivity index (χ2v) is 7.59. The van der Waals surface area contributed by atoms with Crippen molar-refractivity contribution in [1.82, 2.24) is 4.98 Å². The number of hydrogen-bond donors (Lipinski definition) is 0. The Balaban J connectivity index is 1.79. The summed E-state index contributed by atoms with van der Waals surface area (Å²) in [6.45, 7) is 8.32. The van der Waals surface area contributed by atoms with Crippen LogP contribution in [-0.4, -0.2) is 23.3 Å². The molecule has 2 aromatic carbocycles. The highest BCUT2D eigenvalue weighted by Gasteiger charge is 2.52. The van der Waals surface area contributed by atoms with Gasteiger partial charge in [0, 0.05) is 11.6 Å². The van der Waals surface area contributed by atoms with Gasteiger partial charge in [0.15, 0.2) is 0 Å². The first-order chi connectivity index (χ1) is 11.9. The highest BCUT2D eigenvalue weighted by atomic mass is 16.7. The van der Waals surface area contributed by atoms with E-state index in [-0.39, 0.29) is 18.3 Å². The minimum absolute atomic E-state index is 0.351. The van der Waals surface area contributed by atoms with Crippen molar-refractivity contribution in [2.45, 2.75) is 38.9 Å². The van der Waals surface area contributed by atoms with E-state index < -0.39 is 0 Å². The van der Waals surface area contributed by atoms with Crippen molar-refractivity contribution in [3.05, 3.63) is 60.8 Å². The van der Waals surface area contributed by atoms with E-state index in [1.54, 1.807) is 0 Å². The second-order valence-electron chi connectivity index (χ2n) is 7.59. The zero-order chi connectivity index (χ0) is 17.7. The molecule has 4 heteroatoms. The lowest BCUT2D eigenvalue weighted by Crippen LogP contribution is -2.41. The molecule has 3 aromatic rings. The van der Waals surface area contributed by atoms with Gasteiger partial charge in [0.1, 0.15) is 0 Å². The number of pyridine rings is 1. The van der Waals surface area contributed by atoms with Gasteiger partial charge in [0.05, 0.1) is 16.7 Å². The second kappa shape index (κ2) is 5.68. The Morgan fingerprint density at radius 2 is 1.56 bits per heavy atom. The van der Waals surface area contributed by atoms with Gasteiger partial charge in [0.25, 0.3) is 0 Å². The molecule has 0 unspecified atom stereocenters. The molecule has 0 aliphatic carbocycles. The lowest BCUT2D eigenvalue weighted by molar-refractivity contribution is 0.00578. The number of nitrogens with zero attached hydrogens (tertiary/aromatic N) is 1. The summed E-state index contributed by atoms with van der Waals surface area (Å²) >= 11 is 0. The Morgan fingerprint density at radius 1 is 0.840 bits per heavy atom. The SMILES string of the molecule is CC1(C)OB(c2ccccc2-c2ccc3cccnc3c2)OC1(C)C. The van der Waals surface area contributed by atoms with E-state index in [0.29, 0.717) is 0 Å². The number of fused-ring (bicyclic) bond motifs is 1. The highest BCUT2D eigenvalue weighted by molar-refractivity contribution is 6.63. The van der Waals surface area contributed by atoms with Crippen LogP contribution < -0.4 is 5.46 Å². The molecule has 1 fully saturated rings. The monoisotopic (exact) mass is 331 g/mol. The molecule has 3 nitrogen and oxygen atoms in total. The molecular weight excluding hydrogens is 309 g/mol. The summed E-state index contributed by atoms with van der Waals surface area (Å²) in [5.74, 6) is 0. The van der Waals surface area contributed by atoms with Crippen LogP contribution in [0.1, 0.15) is 27.7 Å². The van der Waals surface area contributed by atoms with Crippen molar-refractivity contribution in [2.24, 2.45) is 0 Å². The summed E-state index contributed by atoms with van der Waals surface area (Å²) in [4.78, 5) is 4.48. The van der Waals surface area contributed by atoms with Crippen LogP contribution in [0.25, 0.3) is 22.0 Å². The Kier molecular flexibility index (Phi) is 3.71. The van der Waals surface area contributed by atoms with Crippen LogP contribution in [-0.2, 0) is 9.31 Å². The van der Waals surface area contributed by atoms with E-state index in [2.05, 4.69) is 69.1 Å². The fourth-order valence-corrected chi connectivity index (χ4v) is 3.17. The Hall–Kier alpha value is -2.17. The number of benzene rings is 2. The molecule has 1 aromatic heterocycles. The van der Waals surface area contributed by atoms with Crippen LogP contribution in [0.3, 0.4) is 0 Å². The summed E-state index contributed by atoms with van der Waals surface area (Å²) in [5.41, 5.74) is 3.58. The van der Waals surface area contributed by atoms with Crippen molar-refractivity contribution in [2.75, 3.05) is 0 Å². The minimum atomic E-state index is -0.374. The molecule has 1 saturated heterocycles. The summed E-state index contributed by atoms with van der Waals surface area (Å²) in [7, 11) is -0.374. The first kappa shape index (κ1) is 16.3. The van der Waals surface area contributed by atoms with Gasteiger partial charge in [-0.3, -0.25) is 4.98 Å². The van der Waals surface area contributed by atoms with Gasteiger partial charge in [-0.05, 0) is 56.4 Å². The van der Waals surface area contributed by atoms with Gasteiger partial charge >= 0.3 is 7.12 Å². The normalized spacial score (nSPS) is 18.6. The molecule has 0 bridgehead atoms. The van der Waals surface area contributed by atoms with E-state index in [4.69, 9.17) is 9.31 Å². The number of rotatable bonds is 2. The van der Waals surface area contributed by atoms with E-state index in [1.165, 1.54) is 0 Å². The number of aromatic nitrogens is 1. The van der Waals surface area contributed by atoms with Gasteiger partial charge in [-0.2, -0.15) is 0 Å². The van der Waals surface area contributed by atoms with Crippen molar-refractivity contribution in [3.8, 4) is 11.1 Å². The van der Waals surface area contributed by atoms with E-state index >= 15 is 0 Å². The van der Waals surface area contributed by atoms with Crippen LogP contribution >= 0.6 is 0 Å². The molecule has 0 N–H and O–H groups in total. The average Bonchev–Trinajstić information content (AvgIpc) is 2.82. The first-order valence-corrected chi connectivity index (χ1v) is 8.67. The molecule has 25 heavy (non-hydrogen) atoms. The lowest BCUT2D eigenvalue weighted by Gasteiger charge is -2.32. The van der Waals surface area contributed by atoms with Crippen LogP contribution in [0.5, 0.6) is 0 Å². The third-order valence-corrected chi connectivity index (χ3v) is 5.38. The van der Waals surface area contributed by atoms with Crippen LogP contribution in [0, 0.1) is 0 Å². The third kappa shape index (κ3) is 2.76. The maximum absolute atomic E-state index is 6.26. The molecule has 0 amide bonds. The predicted molar refractivity (Wildman–Crippen MR) is 103 cm³/mol. The zero-order valence-corrected chi connectivity index (χ0v) is 15.1. The smallest absolute Gasteiger partial charge is 0.399 e. The van der Waals surface area contributed by atoms with Crippen molar-refractivity contribution >= 4 is 23.5 Å². The summed E-state index contributed by atoms with van der Waals surface area (Å²) in [5, 5.41) is 1.14. The average molecular weight is 331 g/mol. The van der Waals surface area contributed by atoms with Gasteiger partial charge in [-0.1, -0.05) is 42.5 Å². The highest BCUT2D eigenvalue weighted by Crippen LogP contribution is 2.37. The fourth-order valence-electron chi connectivity index (χ4n) is 3.17. The molecule has 0 atom stereocenters. The Bertz CT molecular complexity index is 920. The van der Waals surface area contributed by atoms with E-state index in [1.807, 2.05) is 24.4 Å². The van der Waals surface area contributed by atoms with Gasteiger partial charge in [-0.25, -0.2) is 0 Å². The molecule has 2 heterocycles. The maximum Gasteiger partial charge on any atom is 0.495 e. The summed E-state index contributed by atoms with van der Waals surface area (Å²) in [6, 6.07) is 18.7. The molecule has 0 saturated carbocycles. The van der Waals surface area contributed by atoms with Gasteiger partial charge in [0.2, 0.25) is 0 Å². The lowest BCUT2D eigenvalue weighted by atomic mass is 9.74. The topological polar surface area (TPSA) is 31.4 Å². The largest absolute Gasteiger partial charge is 0.495 e. The molecule has 4 rings (SSSR count). The Morgan fingerprint density at radius 3 is 2.32 bits per heavy atom. The molecule has 126 valence electrons. The molecule has 1 aliphatic rings. The minimum Gasteiger partial charge on any atom is -0.399 e. The fraction of sp³-hybridized carbons (Fsp3) is 0.286. The maximum atomic E-state index is 6.26. The van der Waals surface area contributed by atoms with E-state index in [9.17, 15) is 0 Å². The number of hydrogen-bond acceptors (Lipinski definition) is 3. The van der Waals surface area contributed by atoms with Gasteiger partial charge < -0.3 is 9.31 Å². The Labute approximate surface area is 149 Å². The van der Waals surface area contributed by atoms with Crippen LogP contribution in [0.4, 0.5) is 0 Å². The zero-order valence-electron chi connectivity index (χ0n) is 15.1. The summed E-state index contributed by atoms with van der Waals surface area (Å²) < 4.78 is 12.5. The predicted octanol–water partition coefficient (Wildman–Crippen LogP) is 4.20. The van der Waals surface area contributed by atoms with Crippen molar-refractivity contribution in [1.29, 1.82) is 0 Å². The first-order valence-electron chi connectivity index (χ1n) is 8.67. The standard InChI is InChI=1S/C21H22BNO2/c1-20(2)21(3,4)25-22(24-20)18-10-6-5-9-17(18)16-12-11-15-8-7-13-23-19(15)14-16/h5-14H,1-4H3. The van der Waals surface area contributed by atoms with Crippen molar-refractivity contribution in [3.63, 3.8) is 0 Å². The van der Waals surface area contributed by atoms with Crippen LogP contribution in [0.15, 0.2) is 60.8 Å². The van der Waals surface area contributed by atoms with E-state index in [0.717, 1.165) is 27.5 Å². The molecular formula is C21H22BNO2. The quantitative estimate of drug-likeness (QED) is 0.660.